The quantitative estimate of drug-likeness (QED) is 0.811. The highest BCUT2D eigenvalue weighted by Crippen LogP contribution is 2.26. The van der Waals surface area contributed by atoms with E-state index in [0.29, 0.717) is 6.54 Å². The summed E-state index contributed by atoms with van der Waals surface area (Å²) in [7, 11) is 0. The van der Waals surface area contributed by atoms with Crippen LogP contribution >= 0.6 is 11.6 Å². The Balaban J connectivity index is 2.29. The highest BCUT2D eigenvalue weighted by molar-refractivity contribution is 6.32. The lowest BCUT2D eigenvalue weighted by molar-refractivity contribution is 0.906. The van der Waals surface area contributed by atoms with Gasteiger partial charge in [0.15, 0.2) is 0 Å². The van der Waals surface area contributed by atoms with E-state index in [9.17, 15) is 0 Å². The van der Waals surface area contributed by atoms with Crippen molar-refractivity contribution >= 4 is 17.4 Å². The molecule has 3 nitrogen and oxygen atoms in total. The Morgan fingerprint density at radius 1 is 1.36 bits per heavy atom. The Morgan fingerprint density at radius 2 is 2.07 bits per heavy atom. The van der Waals surface area contributed by atoms with E-state index in [1.54, 1.807) is 0 Å². The maximum atomic E-state index is 6.09. The van der Waals surface area contributed by atoms with Crippen molar-refractivity contribution in [1.82, 2.24) is 4.98 Å². The van der Waals surface area contributed by atoms with E-state index >= 15 is 0 Å². The number of anilines is 1. The van der Waals surface area contributed by atoms with Gasteiger partial charge < -0.3 is 10.6 Å². The van der Waals surface area contributed by atoms with Gasteiger partial charge in [-0.05, 0) is 25.0 Å². The summed E-state index contributed by atoms with van der Waals surface area (Å²) < 4.78 is 0. The predicted molar refractivity (Wildman–Crippen MR) is 58.6 cm³/mol. The summed E-state index contributed by atoms with van der Waals surface area (Å²) in [6.07, 6.45) is 2.45. The van der Waals surface area contributed by atoms with Gasteiger partial charge in [0.25, 0.3) is 0 Å². The van der Waals surface area contributed by atoms with Crippen molar-refractivity contribution < 1.29 is 0 Å². The van der Waals surface area contributed by atoms with Crippen molar-refractivity contribution in [3.8, 4) is 0 Å². The first-order valence-corrected chi connectivity index (χ1v) is 5.29. The molecule has 2 heterocycles. The smallest absolute Gasteiger partial charge is 0.147 e. The summed E-state index contributed by atoms with van der Waals surface area (Å²) >= 11 is 6.09. The Kier molecular flexibility index (Phi) is 2.89. The van der Waals surface area contributed by atoms with Crippen molar-refractivity contribution in [1.29, 1.82) is 0 Å². The fourth-order valence-electron chi connectivity index (χ4n) is 1.73. The van der Waals surface area contributed by atoms with E-state index in [2.05, 4.69) is 9.88 Å². The van der Waals surface area contributed by atoms with Crippen molar-refractivity contribution in [3.05, 3.63) is 22.8 Å². The van der Waals surface area contributed by atoms with Crippen molar-refractivity contribution in [2.24, 2.45) is 5.73 Å². The molecule has 0 aromatic carbocycles. The molecule has 0 spiro atoms. The predicted octanol–water partition coefficient (Wildman–Crippen LogP) is 1.79. The zero-order chi connectivity index (χ0) is 9.97. The molecule has 0 radical (unpaired) electrons. The molecule has 0 bridgehead atoms. The molecule has 0 unspecified atom stereocenters. The van der Waals surface area contributed by atoms with E-state index in [4.69, 9.17) is 17.3 Å². The van der Waals surface area contributed by atoms with Crippen LogP contribution in [0.4, 0.5) is 5.82 Å². The van der Waals surface area contributed by atoms with Crippen LogP contribution in [0, 0.1) is 0 Å². The van der Waals surface area contributed by atoms with Crippen LogP contribution in [0.1, 0.15) is 18.5 Å². The monoisotopic (exact) mass is 211 g/mol. The second-order valence-electron chi connectivity index (χ2n) is 3.51. The van der Waals surface area contributed by atoms with Crippen LogP contribution in [-0.2, 0) is 6.54 Å². The Hall–Kier alpha value is -0.800. The van der Waals surface area contributed by atoms with E-state index in [0.717, 1.165) is 29.6 Å². The topological polar surface area (TPSA) is 42.1 Å². The number of nitrogens with zero attached hydrogens (tertiary/aromatic N) is 2. The van der Waals surface area contributed by atoms with Crippen LogP contribution in [0.15, 0.2) is 12.1 Å². The van der Waals surface area contributed by atoms with Gasteiger partial charge in [-0.25, -0.2) is 4.98 Å². The molecule has 14 heavy (non-hydrogen) atoms. The second kappa shape index (κ2) is 4.15. The third-order valence-corrected chi connectivity index (χ3v) is 2.79. The molecule has 0 amide bonds. The first kappa shape index (κ1) is 9.74. The van der Waals surface area contributed by atoms with E-state index in [1.165, 1.54) is 12.8 Å². The summed E-state index contributed by atoms with van der Waals surface area (Å²) in [5, 5.41) is 0.726. The van der Waals surface area contributed by atoms with Crippen LogP contribution in [0.3, 0.4) is 0 Å². The molecule has 2 N–H and O–H groups in total. The summed E-state index contributed by atoms with van der Waals surface area (Å²) in [6, 6.07) is 3.76. The Morgan fingerprint density at radius 3 is 2.71 bits per heavy atom. The molecule has 1 aliphatic rings. The van der Waals surface area contributed by atoms with Gasteiger partial charge in [-0.3, -0.25) is 0 Å². The number of hydrogen-bond acceptors (Lipinski definition) is 3. The number of rotatable bonds is 2. The normalized spacial score (nSPS) is 16.3. The number of aromatic nitrogens is 1. The minimum atomic E-state index is 0.470. The average Bonchev–Trinajstić information content (AvgIpc) is 2.71. The van der Waals surface area contributed by atoms with Gasteiger partial charge in [0.05, 0.1) is 10.7 Å². The zero-order valence-corrected chi connectivity index (χ0v) is 8.80. The standard InChI is InChI=1S/C10H14ClN3/c11-9-4-3-8(7-12)13-10(9)14-5-1-2-6-14/h3-4H,1-2,5-7,12H2. The van der Waals surface area contributed by atoms with Gasteiger partial charge in [0, 0.05) is 19.6 Å². The number of pyridine rings is 1. The van der Waals surface area contributed by atoms with Crippen molar-refractivity contribution in [2.75, 3.05) is 18.0 Å². The number of halogens is 1. The summed E-state index contributed by atoms with van der Waals surface area (Å²) in [4.78, 5) is 6.67. The molecule has 4 heteroatoms. The fraction of sp³-hybridized carbons (Fsp3) is 0.500. The minimum Gasteiger partial charge on any atom is -0.355 e. The first-order valence-electron chi connectivity index (χ1n) is 4.91. The molecule has 1 saturated heterocycles. The molecular formula is C10H14ClN3. The summed E-state index contributed by atoms with van der Waals surface area (Å²) in [5.74, 6) is 0.895. The molecule has 1 aromatic heterocycles. The molecule has 1 fully saturated rings. The van der Waals surface area contributed by atoms with Crippen LogP contribution in [-0.4, -0.2) is 18.1 Å². The van der Waals surface area contributed by atoms with Gasteiger partial charge in [-0.2, -0.15) is 0 Å². The summed E-state index contributed by atoms with van der Waals surface area (Å²) in [5.41, 5.74) is 6.44. The second-order valence-corrected chi connectivity index (χ2v) is 3.91. The Bertz CT molecular complexity index is 321. The fourth-order valence-corrected chi connectivity index (χ4v) is 1.96. The average molecular weight is 212 g/mol. The third kappa shape index (κ3) is 1.83. The number of hydrogen-bond donors (Lipinski definition) is 1. The molecule has 0 saturated carbocycles. The number of nitrogens with two attached hydrogens (primary N) is 1. The van der Waals surface area contributed by atoms with Crippen LogP contribution in [0.2, 0.25) is 5.02 Å². The van der Waals surface area contributed by atoms with Crippen LogP contribution in [0.5, 0.6) is 0 Å². The molecule has 1 aromatic rings. The van der Waals surface area contributed by atoms with Crippen molar-refractivity contribution in [2.45, 2.75) is 19.4 Å². The molecule has 0 atom stereocenters. The van der Waals surface area contributed by atoms with E-state index < -0.39 is 0 Å². The SMILES string of the molecule is NCc1ccc(Cl)c(N2CCCC2)n1. The molecular weight excluding hydrogens is 198 g/mol. The summed E-state index contributed by atoms with van der Waals surface area (Å²) in [6.45, 7) is 2.58. The Labute approximate surface area is 88.9 Å². The first-order chi connectivity index (χ1) is 6.81. The molecule has 76 valence electrons. The largest absolute Gasteiger partial charge is 0.355 e. The van der Waals surface area contributed by atoms with Crippen molar-refractivity contribution in [3.63, 3.8) is 0 Å². The lowest BCUT2D eigenvalue weighted by Gasteiger charge is -2.18. The van der Waals surface area contributed by atoms with E-state index in [1.807, 2.05) is 12.1 Å². The van der Waals surface area contributed by atoms with Gasteiger partial charge in [0.2, 0.25) is 0 Å². The van der Waals surface area contributed by atoms with Gasteiger partial charge in [0.1, 0.15) is 5.82 Å². The lowest BCUT2D eigenvalue weighted by Crippen LogP contribution is -2.20. The molecule has 2 rings (SSSR count). The van der Waals surface area contributed by atoms with Gasteiger partial charge in [-0.15, -0.1) is 0 Å². The maximum Gasteiger partial charge on any atom is 0.147 e. The maximum absolute atomic E-state index is 6.09. The van der Waals surface area contributed by atoms with Gasteiger partial charge in [-0.1, -0.05) is 11.6 Å². The highest BCUT2D eigenvalue weighted by atomic mass is 35.5. The lowest BCUT2D eigenvalue weighted by atomic mass is 10.3. The highest BCUT2D eigenvalue weighted by Gasteiger charge is 2.16. The van der Waals surface area contributed by atoms with Crippen LogP contribution < -0.4 is 10.6 Å². The molecule has 0 aliphatic carbocycles. The van der Waals surface area contributed by atoms with Crippen LogP contribution in [0.25, 0.3) is 0 Å². The van der Waals surface area contributed by atoms with E-state index in [-0.39, 0.29) is 0 Å². The minimum absolute atomic E-state index is 0.470. The third-order valence-electron chi connectivity index (χ3n) is 2.50. The zero-order valence-electron chi connectivity index (χ0n) is 8.04. The van der Waals surface area contributed by atoms with Gasteiger partial charge >= 0.3 is 0 Å². The molecule has 1 aliphatic heterocycles.